The molecule has 2 fully saturated rings. The Morgan fingerprint density at radius 2 is 2.17 bits per heavy atom. The molecule has 5 heteroatoms. The van der Waals surface area contributed by atoms with Crippen molar-refractivity contribution >= 4 is 6.03 Å². The van der Waals surface area contributed by atoms with Crippen LogP contribution in [0.3, 0.4) is 0 Å². The number of hydrogen-bond acceptors (Lipinski definition) is 3. The van der Waals surface area contributed by atoms with Gasteiger partial charge in [-0.05, 0) is 19.3 Å². The summed E-state index contributed by atoms with van der Waals surface area (Å²) >= 11 is 0. The van der Waals surface area contributed by atoms with Crippen LogP contribution in [0, 0.1) is 5.92 Å². The number of nitrogens with one attached hydrogen (secondary N) is 1. The Bertz CT molecular complexity index is 279. The Hall–Kier alpha value is -0.810. The molecule has 0 aromatic carbocycles. The summed E-state index contributed by atoms with van der Waals surface area (Å²) in [5, 5.41) is 12.9. The Morgan fingerprint density at radius 3 is 2.83 bits per heavy atom. The lowest BCUT2D eigenvalue weighted by atomic mass is 9.86. The second-order valence-corrected chi connectivity index (χ2v) is 5.50. The van der Waals surface area contributed by atoms with E-state index in [-0.39, 0.29) is 24.1 Å². The third kappa shape index (κ3) is 3.59. The number of carbonyl (C=O) groups excluding carboxylic acids is 1. The third-order valence-electron chi connectivity index (χ3n) is 3.98. The van der Waals surface area contributed by atoms with E-state index in [4.69, 9.17) is 4.74 Å². The van der Waals surface area contributed by atoms with Gasteiger partial charge in [0.25, 0.3) is 0 Å². The zero-order chi connectivity index (χ0) is 13.0. The number of aliphatic hydroxyl groups is 1. The van der Waals surface area contributed by atoms with Gasteiger partial charge < -0.3 is 20.1 Å². The fourth-order valence-corrected chi connectivity index (χ4v) is 2.77. The lowest BCUT2D eigenvalue weighted by Gasteiger charge is -2.31. The highest BCUT2D eigenvalue weighted by Crippen LogP contribution is 2.24. The minimum absolute atomic E-state index is 0.0525. The molecule has 2 aliphatic rings. The molecule has 5 nitrogen and oxygen atoms in total. The minimum Gasteiger partial charge on any atom is -0.393 e. The van der Waals surface area contributed by atoms with Gasteiger partial charge in [-0.1, -0.05) is 12.8 Å². The first-order valence-corrected chi connectivity index (χ1v) is 6.94. The van der Waals surface area contributed by atoms with E-state index >= 15 is 0 Å². The molecule has 0 aromatic heterocycles. The van der Waals surface area contributed by atoms with Crippen LogP contribution < -0.4 is 5.32 Å². The molecule has 2 amide bonds. The topological polar surface area (TPSA) is 61.8 Å². The molecule has 0 bridgehead atoms. The van der Waals surface area contributed by atoms with Crippen molar-refractivity contribution < 1.29 is 14.6 Å². The van der Waals surface area contributed by atoms with Gasteiger partial charge in [0.2, 0.25) is 0 Å². The lowest BCUT2D eigenvalue weighted by molar-refractivity contribution is 0.0562. The van der Waals surface area contributed by atoms with Gasteiger partial charge in [0.1, 0.15) is 0 Å². The van der Waals surface area contributed by atoms with Crippen molar-refractivity contribution in [1.82, 2.24) is 10.2 Å². The molecule has 1 saturated carbocycles. The summed E-state index contributed by atoms with van der Waals surface area (Å²) in [4.78, 5) is 13.6. The van der Waals surface area contributed by atoms with Crippen molar-refractivity contribution in [2.75, 3.05) is 26.8 Å². The number of carbonyl (C=O) groups is 1. The predicted molar refractivity (Wildman–Crippen MR) is 68.4 cm³/mol. The molecule has 1 heterocycles. The number of aliphatic hydroxyl groups excluding tert-OH is 1. The first-order valence-electron chi connectivity index (χ1n) is 6.94. The van der Waals surface area contributed by atoms with E-state index in [1.54, 1.807) is 11.9 Å². The van der Waals surface area contributed by atoms with Crippen LogP contribution in [0.4, 0.5) is 4.79 Å². The molecule has 1 aliphatic heterocycles. The summed E-state index contributed by atoms with van der Waals surface area (Å²) in [6.45, 7) is 1.99. The Kier molecular flexibility index (Phi) is 4.83. The van der Waals surface area contributed by atoms with E-state index in [2.05, 4.69) is 5.32 Å². The summed E-state index contributed by atoms with van der Waals surface area (Å²) in [5.41, 5.74) is 0. The maximum absolute atomic E-state index is 12.0. The van der Waals surface area contributed by atoms with Crippen LogP contribution in [0.2, 0.25) is 0 Å². The number of hydrogen-bond donors (Lipinski definition) is 2. The zero-order valence-electron chi connectivity index (χ0n) is 11.1. The third-order valence-corrected chi connectivity index (χ3v) is 3.98. The van der Waals surface area contributed by atoms with Gasteiger partial charge in [-0.3, -0.25) is 0 Å². The maximum atomic E-state index is 12.0. The monoisotopic (exact) mass is 256 g/mol. The zero-order valence-corrected chi connectivity index (χ0v) is 11.1. The van der Waals surface area contributed by atoms with Gasteiger partial charge in [-0.25, -0.2) is 4.79 Å². The van der Waals surface area contributed by atoms with Crippen LogP contribution in [-0.4, -0.2) is 55.0 Å². The van der Waals surface area contributed by atoms with Crippen molar-refractivity contribution in [2.24, 2.45) is 5.92 Å². The number of rotatable bonds is 3. The van der Waals surface area contributed by atoms with Gasteiger partial charge in [-0.15, -0.1) is 0 Å². The summed E-state index contributed by atoms with van der Waals surface area (Å²) in [5.74, 6) is 0.231. The molecule has 1 saturated heterocycles. The molecular weight excluding hydrogens is 232 g/mol. The van der Waals surface area contributed by atoms with Crippen molar-refractivity contribution in [1.29, 1.82) is 0 Å². The van der Waals surface area contributed by atoms with E-state index in [0.29, 0.717) is 13.2 Å². The summed E-state index contributed by atoms with van der Waals surface area (Å²) in [7, 11) is 1.80. The number of amides is 2. The number of ether oxygens (including phenoxy) is 1. The summed E-state index contributed by atoms with van der Waals surface area (Å²) in [6, 6.07) is 0.0968. The number of urea groups is 1. The highest BCUT2D eigenvalue weighted by Gasteiger charge is 2.26. The first kappa shape index (κ1) is 13.6. The summed E-state index contributed by atoms with van der Waals surface area (Å²) in [6.07, 6.45) is 4.80. The molecule has 18 heavy (non-hydrogen) atoms. The molecule has 0 unspecified atom stereocenters. The van der Waals surface area contributed by atoms with Crippen molar-refractivity contribution in [3.05, 3.63) is 0 Å². The molecule has 0 aromatic rings. The van der Waals surface area contributed by atoms with Crippen LogP contribution >= 0.6 is 0 Å². The SMILES string of the molecule is CN(C[C@@H]1CCCC[C@H]1O)C(=O)N[C@@H]1CCOC1. The second kappa shape index (κ2) is 6.38. The number of nitrogens with zero attached hydrogens (tertiary/aromatic N) is 1. The largest absolute Gasteiger partial charge is 0.393 e. The van der Waals surface area contributed by atoms with Crippen molar-refractivity contribution in [3.8, 4) is 0 Å². The van der Waals surface area contributed by atoms with Crippen molar-refractivity contribution in [2.45, 2.75) is 44.2 Å². The Morgan fingerprint density at radius 1 is 1.39 bits per heavy atom. The van der Waals surface area contributed by atoms with Gasteiger partial charge in [-0.2, -0.15) is 0 Å². The molecule has 104 valence electrons. The van der Waals surface area contributed by atoms with Gasteiger partial charge in [0.05, 0.1) is 18.8 Å². The smallest absolute Gasteiger partial charge is 0.317 e. The normalized spacial score (nSPS) is 32.2. The van der Waals surface area contributed by atoms with E-state index in [1.807, 2.05) is 0 Å². The second-order valence-electron chi connectivity index (χ2n) is 5.50. The van der Waals surface area contributed by atoms with Crippen LogP contribution in [-0.2, 0) is 4.74 Å². The highest BCUT2D eigenvalue weighted by atomic mass is 16.5. The highest BCUT2D eigenvalue weighted by molar-refractivity contribution is 5.74. The van der Waals surface area contributed by atoms with Crippen LogP contribution in [0.1, 0.15) is 32.1 Å². The van der Waals surface area contributed by atoms with E-state index in [9.17, 15) is 9.90 Å². The van der Waals surface area contributed by atoms with Gasteiger partial charge >= 0.3 is 6.03 Å². The maximum Gasteiger partial charge on any atom is 0.317 e. The standard InChI is InChI=1S/C13H24N2O3/c1-15(8-10-4-2-3-5-12(10)16)13(17)14-11-6-7-18-9-11/h10-12,16H,2-9H2,1H3,(H,14,17)/t10-,11+,12+/m0/s1. The Balaban J connectivity index is 1.75. The average Bonchev–Trinajstić information content (AvgIpc) is 2.84. The molecule has 1 aliphatic carbocycles. The van der Waals surface area contributed by atoms with E-state index < -0.39 is 0 Å². The fraction of sp³-hybridized carbons (Fsp3) is 0.923. The molecule has 3 atom stereocenters. The molecule has 0 radical (unpaired) electrons. The first-order chi connectivity index (χ1) is 8.66. The predicted octanol–water partition coefficient (Wildman–Crippen LogP) is 0.968. The summed E-state index contributed by atoms with van der Waals surface area (Å²) < 4.78 is 5.23. The Labute approximate surface area is 108 Å². The fourth-order valence-electron chi connectivity index (χ4n) is 2.77. The molecule has 2 rings (SSSR count). The molecule has 2 N–H and O–H groups in total. The van der Waals surface area contributed by atoms with Crippen LogP contribution in [0.5, 0.6) is 0 Å². The quantitative estimate of drug-likeness (QED) is 0.791. The average molecular weight is 256 g/mol. The van der Waals surface area contributed by atoms with Crippen LogP contribution in [0.25, 0.3) is 0 Å². The molecule has 0 spiro atoms. The van der Waals surface area contributed by atoms with E-state index in [1.165, 1.54) is 0 Å². The molecular formula is C13H24N2O3. The van der Waals surface area contributed by atoms with Gasteiger partial charge in [0.15, 0.2) is 0 Å². The van der Waals surface area contributed by atoms with E-state index in [0.717, 1.165) is 38.7 Å². The van der Waals surface area contributed by atoms with Gasteiger partial charge in [0, 0.05) is 26.1 Å². The lowest BCUT2D eigenvalue weighted by Crippen LogP contribution is -2.46. The van der Waals surface area contributed by atoms with Crippen molar-refractivity contribution in [3.63, 3.8) is 0 Å². The minimum atomic E-state index is -0.246. The van der Waals surface area contributed by atoms with Crippen LogP contribution in [0.15, 0.2) is 0 Å².